The lowest BCUT2D eigenvalue weighted by Crippen LogP contribution is -2.36. The Morgan fingerprint density at radius 3 is 2.35 bits per heavy atom. The summed E-state index contributed by atoms with van der Waals surface area (Å²) in [6.07, 6.45) is 8.63. The Morgan fingerprint density at radius 1 is 1.10 bits per heavy atom. The molecule has 4 heteroatoms. The van der Waals surface area contributed by atoms with E-state index < -0.39 is 11.9 Å². The molecule has 2 rings (SSSR count). The fourth-order valence-corrected chi connectivity index (χ4v) is 3.87. The van der Waals surface area contributed by atoms with E-state index in [1.165, 1.54) is 25.7 Å². The van der Waals surface area contributed by atoms with Gasteiger partial charge in [-0.05, 0) is 31.1 Å². The van der Waals surface area contributed by atoms with Crippen LogP contribution in [0.15, 0.2) is 0 Å². The second kappa shape index (κ2) is 7.09. The van der Waals surface area contributed by atoms with Crippen LogP contribution in [0.2, 0.25) is 0 Å². The molecule has 2 fully saturated rings. The summed E-state index contributed by atoms with van der Waals surface area (Å²) >= 11 is 0. The van der Waals surface area contributed by atoms with Crippen LogP contribution >= 0.6 is 0 Å². The smallest absolute Gasteiger partial charge is 0.307 e. The summed E-state index contributed by atoms with van der Waals surface area (Å²) in [5.74, 6) is -0.491. The summed E-state index contributed by atoms with van der Waals surface area (Å²) in [6, 6.07) is 0. The highest BCUT2D eigenvalue weighted by molar-refractivity contribution is 5.85. The molecule has 0 aliphatic heterocycles. The predicted octanol–water partition coefficient (Wildman–Crippen LogP) is 2.82. The third-order valence-corrected chi connectivity index (χ3v) is 5.22. The number of carbonyl (C=O) groups is 2. The van der Waals surface area contributed by atoms with Gasteiger partial charge >= 0.3 is 5.97 Å². The molecule has 2 aliphatic rings. The van der Waals surface area contributed by atoms with Gasteiger partial charge in [-0.15, -0.1) is 0 Å². The van der Waals surface area contributed by atoms with Crippen molar-refractivity contribution in [1.29, 1.82) is 0 Å². The molecule has 3 atom stereocenters. The average Bonchev–Trinajstić information content (AvgIpc) is 3.07. The highest BCUT2D eigenvalue weighted by atomic mass is 16.4. The van der Waals surface area contributed by atoms with E-state index in [2.05, 4.69) is 12.2 Å². The van der Waals surface area contributed by atoms with Crippen LogP contribution in [0.4, 0.5) is 0 Å². The minimum Gasteiger partial charge on any atom is -0.481 e. The van der Waals surface area contributed by atoms with Crippen LogP contribution in [0.3, 0.4) is 0 Å². The van der Waals surface area contributed by atoms with E-state index in [1.807, 2.05) is 0 Å². The summed E-state index contributed by atoms with van der Waals surface area (Å²) in [5, 5.41) is 12.2. The Kier molecular flexibility index (Phi) is 5.44. The van der Waals surface area contributed by atoms with Gasteiger partial charge in [-0.3, -0.25) is 9.59 Å². The standard InChI is InChI=1S/C16H27NO3/c1-2-11-9-13(14(10-11)16(19)20)15(18)17-8-7-12-5-3-4-6-12/h11-14H,2-10H2,1H3,(H,17,18)(H,19,20)/t11?,13-,14+/m0/s1. The molecule has 0 heterocycles. The van der Waals surface area contributed by atoms with E-state index in [9.17, 15) is 14.7 Å². The van der Waals surface area contributed by atoms with Gasteiger partial charge in [0, 0.05) is 6.54 Å². The molecule has 114 valence electrons. The molecular formula is C16H27NO3. The van der Waals surface area contributed by atoms with Gasteiger partial charge in [0.15, 0.2) is 0 Å². The zero-order valence-corrected chi connectivity index (χ0v) is 12.4. The molecule has 2 aliphatic carbocycles. The van der Waals surface area contributed by atoms with Crippen LogP contribution in [-0.2, 0) is 9.59 Å². The third kappa shape index (κ3) is 3.74. The quantitative estimate of drug-likeness (QED) is 0.786. The van der Waals surface area contributed by atoms with Crippen LogP contribution in [0.25, 0.3) is 0 Å². The second-order valence-electron chi connectivity index (χ2n) is 6.53. The number of rotatable bonds is 6. The lowest BCUT2D eigenvalue weighted by molar-refractivity contribution is -0.146. The molecule has 0 aromatic heterocycles. The Hall–Kier alpha value is -1.06. The van der Waals surface area contributed by atoms with Gasteiger partial charge in [-0.1, -0.05) is 39.0 Å². The number of hydrogen-bond acceptors (Lipinski definition) is 2. The molecule has 0 aromatic carbocycles. The minimum atomic E-state index is -0.808. The van der Waals surface area contributed by atoms with Crippen LogP contribution in [0.1, 0.15) is 58.3 Å². The van der Waals surface area contributed by atoms with Crippen molar-refractivity contribution in [3.05, 3.63) is 0 Å². The number of aliphatic carboxylic acids is 1. The third-order valence-electron chi connectivity index (χ3n) is 5.22. The van der Waals surface area contributed by atoms with E-state index in [1.54, 1.807) is 0 Å². The summed E-state index contributed by atoms with van der Waals surface area (Å²) in [5.41, 5.74) is 0. The van der Waals surface area contributed by atoms with Crippen molar-refractivity contribution in [2.24, 2.45) is 23.7 Å². The van der Waals surface area contributed by atoms with Crippen LogP contribution < -0.4 is 5.32 Å². The van der Waals surface area contributed by atoms with Crippen molar-refractivity contribution in [3.8, 4) is 0 Å². The number of nitrogens with one attached hydrogen (secondary N) is 1. The molecule has 20 heavy (non-hydrogen) atoms. The van der Waals surface area contributed by atoms with E-state index in [-0.39, 0.29) is 11.8 Å². The normalized spacial score (nSPS) is 30.6. The first-order chi connectivity index (χ1) is 9.61. The maximum absolute atomic E-state index is 12.2. The van der Waals surface area contributed by atoms with Crippen LogP contribution in [0, 0.1) is 23.7 Å². The maximum atomic E-state index is 12.2. The number of carbonyl (C=O) groups excluding carboxylic acids is 1. The molecule has 0 bridgehead atoms. The summed E-state index contributed by atoms with van der Waals surface area (Å²) in [6.45, 7) is 2.78. The lowest BCUT2D eigenvalue weighted by Gasteiger charge is -2.16. The van der Waals surface area contributed by atoms with E-state index in [0.29, 0.717) is 18.9 Å². The Balaban J connectivity index is 1.79. The zero-order valence-electron chi connectivity index (χ0n) is 12.4. The molecule has 1 amide bonds. The Bertz CT molecular complexity index is 350. The van der Waals surface area contributed by atoms with E-state index in [4.69, 9.17) is 0 Å². The zero-order chi connectivity index (χ0) is 14.5. The molecule has 0 spiro atoms. The first-order valence-corrected chi connectivity index (χ1v) is 8.12. The highest BCUT2D eigenvalue weighted by Gasteiger charge is 2.41. The molecule has 0 aromatic rings. The van der Waals surface area contributed by atoms with Gasteiger partial charge < -0.3 is 10.4 Å². The maximum Gasteiger partial charge on any atom is 0.307 e. The highest BCUT2D eigenvalue weighted by Crippen LogP contribution is 2.38. The Labute approximate surface area is 121 Å². The number of carboxylic acids is 1. The summed E-state index contributed by atoms with van der Waals surface area (Å²) in [7, 11) is 0. The van der Waals surface area contributed by atoms with Gasteiger partial charge in [-0.2, -0.15) is 0 Å². The average molecular weight is 281 g/mol. The fourth-order valence-electron chi connectivity index (χ4n) is 3.87. The van der Waals surface area contributed by atoms with Gasteiger partial charge in [0.1, 0.15) is 0 Å². The SMILES string of the molecule is CCC1C[C@H](C(=O)NCCC2CCCC2)[C@H](C(=O)O)C1. The van der Waals surface area contributed by atoms with Gasteiger partial charge in [0.25, 0.3) is 0 Å². The van der Waals surface area contributed by atoms with Gasteiger partial charge in [0.05, 0.1) is 11.8 Å². The fraction of sp³-hybridized carbons (Fsp3) is 0.875. The first kappa shape index (κ1) is 15.3. The number of amides is 1. The lowest BCUT2D eigenvalue weighted by atomic mass is 9.95. The van der Waals surface area contributed by atoms with Crippen LogP contribution in [0.5, 0.6) is 0 Å². The summed E-state index contributed by atoms with van der Waals surface area (Å²) in [4.78, 5) is 23.5. The number of hydrogen-bond donors (Lipinski definition) is 2. The van der Waals surface area contributed by atoms with Crippen molar-refractivity contribution in [2.75, 3.05) is 6.54 Å². The van der Waals surface area contributed by atoms with E-state index in [0.717, 1.165) is 25.2 Å². The van der Waals surface area contributed by atoms with Gasteiger partial charge in [-0.25, -0.2) is 0 Å². The molecule has 0 saturated heterocycles. The van der Waals surface area contributed by atoms with Crippen molar-refractivity contribution < 1.29 is 14.7 Å². The molecule has 2 saturated carbocycles. The van der Waals surface area contributed by atoms with Crippen molar-refractivity contribution in [2.45, 2.75) is 58.3 Å². The molecular weight excluding hydrogens is 254 g/mol. The molecule has 2 N–H and O–H groups in total. The van der Waals surface area contributed by atoms with Crippen molar-refractivity contribution in [3.63, 3.8) is 0 Å². The summed E-state index contributed by atoms with van der Waals surface area (Å²) < 4.78 is 0. The minimum absolute atomic E-state index is 0.0358. The first-order valence-electron chi connectivity index (χ1n) is 8.12. The number of carboxylic acid groups (broad SMARTS) is 1. The van der Waals surface area contributed by atoms with Gasteiger partial charge in [0.2, 0.25) is 5.91 Å². The topological polar surface area (TPSA) is 66.4 Å². The van der Waals surface area contributed by atoms with Crippen molar-refractivity contribution in [1.82, 2.24) is 5.32 Å². The monoisotopic (exact) mass is 281 g/mol. The predicted molar refractivity (Wildman–Crippen MR) is 77.2 cm³/mol. The molecule has 0 radical (unpaired) electrons. The molecule has 4 nitrogen and oxygen atoms in total. The van der Waals surface area contributed by atoms with E-state index >= 15 is 0 Å². The second-order valence-corrected chi connectivity index (χ2v) is 6.53. The van der Waals surface area contributed by atoms with Crippen LogP contribution in [-0.4, -0.2) is 23.5 Å². The Morgan fingerprint density at radius 2 is 1.75 bits per heavy atom. The largest absolute Gasteiger partial charge is 0.481 e. The molecule has 1 unspecified atom stereocenters. The van der Waals surface area contributed by atoms with Crippen molar-refractivity contribution >= 4 is 11.9 Å².